The number of hydrogen-bond donors (Lipinski definition) is 4. The fourth-order valence-corrected chi connectivity index (χ4v) is 5.26. The first-order valence-corrected chi connectivity index (χ1v) is 13.4. The van der Waals surface area contributed by atoms with E-state index in [4.69, 9.17) is 15.2 Å². The Labute approximate surface area is 222 Å². The lowest BCUT2D eigenvalue weighted by Gasteiger charge is -2.19. The van der Waals surface area contributed by atoms with E-state index in [2.05, 4.69) is 49.2 Å². The Morgan fingerprint density at radius 1 is 1.29 bits per heavy atom. The molecule has 1 aromatic carbocycles. The molecule has 202 valence electrons. The molecule has 10 nitrogen and oxygen atoms in total. The predicted molar refractivity (Wildman–Crippen MR) is 149 cm³/mol. The van der Waals surface area contributed by atoms with E-state index in [0.29, 0.717) is 24.8 Å². The predicted octanol–water partition coefficient (Wildman–Crippen LogP) is 3.46. The second-order valence-corrected chi connectivity index (χ2v) is 9.82. The molecular weight excluding hydrogens is 482 g/mol. The van der Waals surface area contributed by atoms with Gasteiger partial charge in [0.15, 0.2) is 5.82 Å². The van der Waals surface area contributed by atoms with Crippen LogP contribution in [0.25, 0.3) is 21.9 Å². The second kappa shape index (κ2) is 11.9. The minimum Gasteiger partial charge on any atom is -0.481 e. The molecule has 10 heteroatoms. The summed E-state index contributed by atoms with van der Waals surface area (Å²) < 4.78 is 13.6. The van der Waals surface area contributed by atoms with Gasteiger partial charge >= 0.3 is 0 Å². The molecule has 0 unspecified atom stereocenters. The minimum atomic E-state index is -0.140. The van der Waals surface area contributed by atoms with Crippen molar-refractivity contribution in [2.75, 3.05) is 37.9 Å². The van der Waals surface area contributed by atoms with Crippen molar-refractivity contribution in [3.8, 4) is 5.88 Å². The first-order chi connectivity index (χ1) is 18.6. The van der Waals surface area contributed by atoms with Crippen LogP contribution in [0, 0.1) is 0 Å². The van der Waals surface area contributed by atoms with Crippen LogP contribution in [0.4, 0.5) is 11.8 Å². The molecule has 4 aromatic rings. The van der Waals surface area contributed by atoms with Gasteiger partial charge < -0.3 is 35.5 Å². The summed E-state index contributed by atoms with van der Waals surface area (Å²) in [7, 11) is 1.64. The van der Waals surface area contributed by atoms with Gasteiger partial charge in [0.2, 0.25) is 11.8 Å². The largest absolute Gasteiger partial charge is 0.481 e. The molecule has 5 rings (SSSR count). The van der Waals surface area contributed by atoms with E-state index in [1.54, 1.807) is 7.11 Å². The minimum absolute atomic E-state index is 0.00183. The van der Waals surface area contributed by atoms with Crippen molar-refractivity contribution in [2.45, 2.75) is 57.8 Å². The average molecular weight is 520 g/mol. The molecule has 0 bridgehead atoms. The number of rotatable bonds is 12. The monoisotopic (exact) mass is 519 g/mol. The summed E-state index contributed by atoms with van der Waals surface area (Å²) in [6, 6.07) is 10.1. The third-order valence-electron chi connectivity index (χ3n) is 7.05. The molecule has 0 radical (unpaired) electrons. The van der Waals surface area contributed by atoms with Gasteiger partial charge in [-0.05, 0) is 37.0 Å². The van der Waals surface area contributed by atoms with Gasteiger partial charge in [-0.2, -0.15) is 4.98 Å². The van der Waals surface area contributed by atoms with Crippen LogP contribution in [-0.4, -0.2) is 63.6 Å². The van der Waals surface area contributed by atoms with Crippen LogP contribution in [0.3, 0.4) is 0 Å². The van der Waals surface area contributed by atoms with Gasteiger partial charge in [0.05, 0.1) is 37.9 Å². The van der Waals surface area contributed by atoms with Gasteiger partial charge in [0.25, 0.3) is 0 Å². The average Bonchev–Trinajstić information content (AvgIpc) is 3.55. The number of nitrogens with zero attached hydrogens (tertiary/aromatic N) is 4. The van der Waals surface area contributed by atoms with Crippen molar-refractivity contribution in [3.63, 3.8) is 0 Å². The van der Waals surface area contributed by atoms with Crippen molar-refractivity contribution in [3.05, 3.63) is 47.7 Å². The molecule has 1 fully saturated rings. The third-order valence-corrected chi connectivity index (χ3v) is 7.05. The molecule has 4 heterocycles. The Bertz CT molecular complexity index is 1380. The molecule has 38 heavy (non-hydrogen) atoms. The number of aliphatic hydroxyl groups is 1. The number of aliphatic hydroxyl groups excluding tert-OH is 1. The number of nitrogens with two attached hydrogens (primary N) is 1. The summed E-state index contributed by atoms with van der Waals surface area (Å²) in [4.78, 5) is 13.8. The van der Waals surface area contributed by atoms with Gasteiger partial charge in [-0.1, -0.05) is 31.5 Å². The summed E-state index contributed by atoms with van der Waals surface area (Å²) in [6.07, 6.45) is 6.10. The highest BCUT2D eigenvalue weighted by atomic mass is 16.5. The van der Waals surface area contributed by atoms with E-state index in [-0.39, 0.29) is 24.7 Å². The Balaban J connectivity index is 1.53. The number of anilines is 2. The lowest BCUT2D eigenvalue weighted by Crippen LogP contribution is -2.26. The Morgan fingerprint density at radius 2 is 2.16 bits per heavy atom. The van der Waals surface area contributed by atoms with Crippen LogP contribution in [0.1, 0.15) is 43.7 Å². The summed E-state index contributed by atoms with van der Waals surface area (Å²) in [6.45, 7) is 4.96. The molecule has 2 atom stereocenters. The molecule has 0 amide bonds. The lowest BCUT2D eigenvalue weighted by molar-refractivity contribution is 0.110. The molecule has 1 saturated heterocycles. The number of fused-ring (bicyclic) bond motifs is 3. The molecule has 5 N–H and O–H groups in total. The Kier molecular flexibility index (Phi) is 8.21. The van der Waals surface area contributed by atoms with Gasteiger partial charge in [-0.3, -0.25) is 0 Å². The zero-order valence-electron chi connectivity index (χ0n) is 22.1. The smallest absolute Gasteiger partial charge is 0.222 e. The van der Waals surface area contributed by atoms with Crippen LogP contribution in [0.5, 0.6) is 5.88 Å². The number of pyridine rings is 1. The number of ether oxygens (including phenoxy) is 2. The number of benzene rings is 1. The molecule has 3 aromatic heterocycles. The number of para-hydroxylation sites is 1. The number of nitrogens with one attached hydrogen (secondary N) is 2. The highest BCUT2D eigenvalue weighted by molar-refractivity contribution is 6.09. The summed E-state index contributed by atoms with van der Waals surface area (Å²) in [5.74, 6) is 1.37. The fraction of sp³-hybridized carbons (Fsp3) is 0.464. The van der Waals surface area contributed by atoms with Gasteiger partial charge in [0.1, 0.15) is 11.0 Å². The third kappa shape index (κ3) is 5.52. The van der Waals surface area contributed by atoms with Crippen LogP contribution in [0.2, 0.25) is 0 Å². The maximum atomic E-state index is 9.96. The summed E-state index contributed by atoms with van der Waals surface area (Å²) in [5, 5.41) is 17.9. The van der Waals surface area contributed by atoms with E-state index < -0.39 is 0 Å². The van der Waals surface area contributed by atoms with Crippen molar-refractivity contribution in [1.29, 1.82) is 0 Å². The zero-order valence-corrected chi connectivity index (χ0v) is 22.1. The highest BCUT2D eigenvalue weighted by Gasteiger charge is 2.21. The Hall–Kier alpha value is -3.47. The van der Waals surface area contributed by atoms with Crippen molar-refractivity contribution < 1.29 is 14.6 Å². The van der Waals surface area contributed by atoms with Crippen molar-refractivity contribution in [1.82, 2.24) is 24.8 Å². The fourth-order valence-electron chi connectivity index (χ4n) is 5.26. The summed E-state index contributed by atoms with van der Waals surface area (Å²) >= 11 is 0. The number of aromatic nitrogens is 4. The van der Waals surface area contributed by atoms with E-state index in [9.17, 15) is 5.11 Å². The molecule has 1 aliphatic heterocycles. The second-order valence-electron chi connectivity index (χ2n) is 9.82. The van der Waals surface area contributed by atoms with Gasteiger partial charge in [-0.25, -0.2) is 9.97 Å². The van der Waals surface area contributed by atoms with Crippen molar-refractivity contribution >= 4 is 33.7 Å². The SMILES string of the molecule is CCC[C@@H](CO)Nc1nc(N)nc2c3ccccc3n(Cc3cc(CNC[C@H]4CCCO4)cnc3OC)c12. The van der Waals surface area contributed by atoms with E-state index in [0.717, 1.165) is 71.9 Å². The normalized spacial score (nSPS) is 16.3. The van der Waals surface area contributed by atoms with Crippen molar-refractivity contribution in [2.24, 2.45) is 0 Å². The van der Waals surface area contributed by atoms with Crippen LogP contribution in [-0.2, 0) is 17.8 Å². The molecule has 0 aliphatic carbocycles. The van der Waals surface area contributed by atoms with Crippen LogP contribution in [0.15, 0.2) is 36.5 Å². The van der Waals surface area contributed by atoms with Gasteiger partial charge in [-0.15, -0.1) is 0 Å². The van der Waals surface area contributed by atoms with E-state index in [1.807, 2.05) is 24.4 Å². The van der Waals surface area contributed by atoms with Crippen LogP contribution < -0.4 is 21.1 Å². The standard InChI is InChI=1S/C28H37N7O3/c1-3-7-20(17-36)32-26-25-24(33-28(29)34-26)22-9-4-5-10-23(22)35(25)16-19-12-18(14-31-27(19)37-2)13-30-15-21-8-6-11-38-21/h4-5,9-10,12,14,20-21,30,36H,3,6-8,11,13,15-17H2,1-2H3,(H3,29,32,33,34)/t20-,21+/m0/s1. The topological polar surface area (TPSA) is 132 Å². The molecule has 0 spiro atoms. The highest BCUT2D eigenvalue weighted by Crippen LogP contribution is 2.34. The van der Waals surface area contributed by atoms with E-state index >= 15 is 0 Å². The molecular formula is C28H37N7O3. The Morgan fingerprint density at radius 3 is 2.92 bits per heavy atom. The van der Waals surface area contributed by atoms with Crippen LogP contribution >= 0.6 is 0 Å². The number of nitrogen functional groups attached to an aromatic ring is 1. The maximum Gasteiger partial charge on any atom is 0.222 e. The van der Waals surface area contributed by atoms with E-state index in [1.165, 1.54) is 0 Å². The number of hydrogen-bond acceptors (Lipinski definition) is 9. The quantitative estimate of drug-likeness (QED) is 0.222. The first-order valence-electron chi connectivity index (χ1n) is 13.4. The maximum absolute atomic E-state index is 9.96. The lowest BCUT2D eigenvalue weighted by atomic mass is 10.1. The number of methoxy groups -OCH3 is 1. The molecule has 1 aliphatic rings. The first kappa shape index (κ1) is 26.1. The zero-order chi connectivity index (χ0) is 26.5. The van der Waals surface area contributed by atoms with Gasteiger partial charge in [0, 0.05) is 36.8 Å². The molecule has 0 saturated carbocycles. The summed E-state index contributed by atoms with van der Waals surface area (Å²) in [5.41, 5.74) is 10.8.